The molecule has 0 aliphatic heterocycles. The molecule has 2 aromatic carbocycles. The van der Waals surface area contributed by atoms with E-state index in [-0.39, 0.29) is 23.1 Å². The standard InChI is InChI=1S/C30H34N4O3S2/c1-21-7-11-23(12-8-21)18-31-26(35)6-4-3-5-16-34-29(37)28-25(15-17-38-28)33-30(34)39-20-27(36)32-19-24-13-9-22(2)10-14-24/h7-15,17H,3-6,16,18-20H2,1-2H3,(H,31,35)(H,32,36). The van der Waals surface area contributed by atoms with Gasteiger partial charge in [-0.3, -0.25) is 19.0 Å². The zero-order valence-electron chi connectivity index (χ0n) is 22.4. The third-order valence-corrected chi connectivity index (χ3v) is 8.24. The minimum Gasteiger partial charge on any atom is -0.352 e. The number of thioether (sulfide) groups is 1. The zero-order valence-corrected chi connectivity index (χ0v) is 24.0. The number of nitrogens with one attached hydrogen (secondary N) is 2. The highest BCUT2D eigenvalue weighted by atomic mass is 32.2. The highest BCUT2D eigenvalue weighted by Gasteiger charge is 2.14. The van der Waals surface area contributed by atoms with Gasteiger partial charge >= 0.3 is 0 Å². The largest absolute Gasteiger partial charge is 0.352 e. The van der Waals surface area contributed by atoms with E-state index in [9.17, 15) is 14.4 Å². The summed E-state index contributed by atoms with van der Waals surface area (Å²) in [6.07, 6.45) is 2.75. The van der Waals surface area contributed by atoms with Crippen LogP contribution in [0, 0.1) is 13.8 Å². The fourth-order valence-corrected chi connectivity index (χ4v) is 5.68. The molecule has 4 aromatic rings. The van der Waals surface area contributed by atoms with E-state index >= 15 is 0 Å². The minimum absolute atomic E-state index is 0.0299. The van der Waals surface area contributed by atoms with Gasteiger partial charge in [0, 0.05) is 26.1 Å². The van der Waals surface area contributed by atoms with Gasteiger partial charge in [-0.25, -0.2) is 4.98 Å². The molecular weight excluding hydrogens is 528 g/mol. The second kappa shape index (κ2) is 14.1. The smallest absolute Gasteiger partial charge is 0.272 e. The fraction of sp³-hybridized carbons (Fsp3) is 0.333. The van der Waals surface area contributed by atoms with Gasteiger partial charge in [0.2, 0.25) is 11.8 Å². The van der Waals surface area contributed by atoms with E-state index in [4.69, 9.17) is 0 Å². The number of nitrogens with zero attached hydrogens (tertiary/aromatic N) is 2. The maximum Gasteiger partial charge on any atom is 0.272 e. The van der Waals surface area contributed by atoms with Crippen molar-refractivity contribution < 1.29 is 9.59 Å². The topological polar surface area (TPSA) is 93.1 Å². The Hall–Kier alpha value is -3.43. The van der Waals surface area contributed by atoms with Crippen LogP contribution in [0.15, 0.2) is 69.9 Å². The van der Waals surface area contributed by atoms with Crippen molar-refractivity contribution in [2.45, 2.75) is 64.3 Å². The number of hydrogen-bond donors (Lipinski definition) is 2. The Morgan fingerprint density at radius 1 is 0.846 bits per heavy atom. The Labute approximate surface area is 237 Å². The Bertz CT molecular complexity index is 1460. The van der Waals surface area contributed by atoms with Crippen LogP contribution in [0.1, 0.15) is 47.9 Å². The van der Waals surface area contributed by atoms with Crippen LogP contribution < -0.4 is 16.2 Å². The van der Waals surface area contributed by atoms with Crippen molar-refractivity contribution in [3.05, 3.63) is 92.6 Å². The summed E-state index contributed by atoms with van der Waals surface area (Å²) in [6.45, 7) is 5.55. The molecule has 39 heavy (non-hydrogen) atoms. The van der Waals surface area contributed by atoms with Crippen molar-refractivity contribution >= 4 is 45.1 Å². The Balaban J connectivity index is 1.26. The monoisotopic (exact) mass is 562 g/mol. The summed E-state index contributed by atoms with van der Waals surface area (Å²) in [5.41, 5.74) is 5.08. The van der Waals surface area contributed by atoms with Crippen molar-refractivity contribution in [1.29, 1.82) is 0 Å². The molecule has 2 amide bonds. The summed E-state index contributed by atoms with van der Waals surface area (Å²) >= 11 is 2.66. The van der Waals surface area contributed by atoms with Crippen LogP contribution in [0.4, 0.5) is 0 Å². The Morgan fingerprint density at radius 2 is 1.46 bits per heavy atom. The molecule has 0 saturated heterocycles. The number of fused-ring (bicyclic) bond motifs is 1. The normalized spacial score (nSPS) is 11.0. The molecule has 7 nitrogen and oxygen atoms in total. The molecule has 0 atom stereocenters. The summed E-state index contributed by atoms with van der Waals surface area (Å²) < 4.78 is 2.30. The van der Waals surface area contributed by atoms with Gasteiger partial charge in [-0.05, 0) is 49.3 Å². The molecule has 9 heteroatoms. The Kier molecular flexibility index (Phi) is 10.3. The van der Waals surface area contributed by atoms with Gasteiger partial charge in [0.15, 0.2) is 5.16 Å². The molecular formula is C30H34N4O3S2. The van der Waals surface area contributed by atoms with E-state index < -0.39 is 0 Å². The quantitative estimate of drug-likeness (QED) is 0.130. The number of carbonyl (C=O) groups is 2. The average molecular weight is 563 g/mol. The number of thiophene rings is 1. The molecule has 0 bridgehead atoms. The predicted octanol–water partition coefficient (Wildman–Crippen LogP) is 5.36. The number of aryl methyl sites for hydroxylation is 2. The number of carbonyl (C=O) groups excluding carboxylic acids is 2. The number of unbranched alkanes of at least 4 members (excludes halogenated alkanes) is 2. The van der Waals surface area contributed by atoms with E-state index in [1.54, 1.807) is 4.57 Å². The highest BCUT2D eigenvalue weighted by molar-refractivity contribution is 7.99. The lowest BCUT2D eigenvalue weighted by atomic mass is 10.1. The maximum absolute atomic E-state index is 13.2. The average Bonchev–Trinajstić information content (AvgIpc) is 3.41. The summed E-state index contributed by atoms with van der Waals surface area (Å²) in [5, 5.41) is 8.32. The van der Waals surface area contributed by atoms with Gasteiger partial charge in [-0.1, -0.05) is 77.8 Å². The lowest BCUT2D eigenvalue weighted by Crippen LogP contribution is -2.26. The van der Waals surface area contributed by atoms with E-state index in [0.717, 1.165) is 30.4 Å². The molecule has 2 N–H and O–H groups in total. The molecule has 0 unspecified atom stereocenters. The van der Waals surface area contributed by atoms with Gasteiger partial charge in [0.25, 0.3) is 5.56 Å². The van der Waals surface area contributed by atoms with Crippen LogP contribution in [-0.4, -0.2) is 27.1 Å². The molecule has 0 aliphatic rings. The molecule has 2 heterocycles. The van der Waals surface area contributed by atoms with Crippen LogP contribution in [0.2, 0.25) is 0 Å². The molecule has 0 radical (unpaired) electrons. The second-order valence-corrected chi connectivity index (χ2v) is 11.5. The van der Waals surface area contributed by atoms with Gasteiger partial charge in [-0.2, -0.15) is 0 Å². The first-order chi connectivity index (χ1) is 18.9. The van der Waals surface area contributed by atoms with Crippen molar-refractivity contribution in [3.63, 3.8) is 0 Å². The number of amides is 2. The van der Waals surface area contributed by atoms with E-state index in [1.165, 1.54) is 34.2 Å². The number of benzene rings is 2. The first-order valence-corrected chi connectivity index (χ1v) is 15.0. The summed E-state index contributed by atoms with van der Waals surface area (Å²) in [7, 11) is 0. The van der Waals surface area contributed by atoms with Gasteiger partial charge in [0.1, 0.15) is 4.70 Å². The number of hydrogen-bond acceptors (Lipinski definition) is 6. The molecule has 0 aliphatic carbocycles. The fourth-order valence-electron chi connectivity index (χ4n) is 4.05. The van der Waals surface area contributed by atoms with Crippen LogP contribution in [0.3, 0.4) is 0 Å². The molecule has 0 fully saturated rings. The van der Waals surface area contributed by atoms with E-state index in [1.807, 2.05) is 73.8 Å². The van der Waals surface area contributed by atoms with E-state index in [0.29, 0.717) is 41.4 Å². The van der Waals surface area contributed by atoms with Crippen molar-refractivity contribution in [1.82, 2.24) is 20.2 Å². The molecule has 0 spiro atoms. The lowest BCUT2D eigenvalue weighted by Gasteiger charge is -2.12. The molecule has 2 aromatic heterocycles. The van der Waals surface area contributed by atoms with Crippen LogP contribution in [0.5, 0.6) is 0 Å². The van der Waals surface area contributed by atoms with Gasteiger partial charge < -0.3 is 10.6 Å². The lowest BCUT2D eigenvalue weighted by molar-refractivity contribution is -0.121. The van der Waals surface area contributed by atoms with Crippen LogP contribution in [0.25, 0.3) is 10.2 Å². The summed E-state index contributed by atoms with van der Waals surface area (Å²) in [4.78, 5) is 42.6. The van der Waals surface area contributed by atoms with Crippen molar-refractivity contribution in [2.75, 3.05) is 5.75 Å². The van der Waals surface area contributed by atoms with Crippen molar-refractivity contribution in [3.8, 4) is 0 Å². The summed E-state index contributed by atoms with van der Waals surface area (Å²) in [5.74, 6) is 0.0977. The van der Waals surface area contributed by atoms with Crippen LogP contribution >= 0.6 is 23.1 Å². The predicted molar refractivity (Wildman–Crippen MR) is 159 cm³/mol. The first-order valence-electron chi connectivity index (χ1n) is 13.1. The SMILES string of the molecule is Cc1ccc(CNC(=O)CCCCCn2c(SCC(=O)NCc3ccc(C)cc3)nc3ccsc3c2=O)cc1. The third kappa shape index (κ3) is 8.53. The first kappa shape index (κ1) is 28.6. The Morgan fingerprint density at radius 3 is 2.10 bits per heavy atom. The van der Waals surface area contributed by atoms with Gasteiger partial charge in [0.05, 0.1) is 11.3 Å². The maximum atomic E-state index is 13.2. The van der Waals surface area contributed by atoms with Crippen LogP contribution in [-0.2, 0) is 29.2 Å². The third-order valence-electron chi connectivity index (χ3n) is 6.37. The van der Waals surface area contributed by atoms with Crippen molar-refractivity contribution in [2.24, 2.45) is 0 Å². The number of rotatable bonds is 13. The second-order valence-electron chi connectivity index (χ2n) is 9.61. The summed E-state index contributed by atoms with van der Waals surface area (Å²) in [6, 6.07) is 18.0. The molecule has 204 valence electrons. The molecule has 0 saturated carbocycles. The van der Waals surface area contributed by atoms with Gasteiger partial charge in [-0.15, -0.1) is 11.3 Å². The van der Waals surface area contributed by atoms with E-state index in [2.05, 4.69) is 15.6 Å². The number of aromatic nitrogens is 2. The minimum atomic E-state index is -0.108. The molecule has 4 rings (SSSR count). The zero-order chi connectivity index (χ0) is 27.6. The highest BCUT2D eigenvalue weighted by Crippen LogP contribution is 2.21.